The number of aliphatic imine (C=N–C) groups is 1. The lowest BCUT2D eigenvalue weighted by Gasteiger charge is -2.09. The highest BCUT2D eigenvalue weighted by Gasteiger charge is 2.17. The first-order valence-electron chi connectivity index (χ1n) is 5.20. The molecule has 84 valence electrons. The topological polar surface area (TPSA) is 50.7 Å². The van der Waals surface area contributed by atoms with E-state index in [-0.39, 0.29) is 5.97 Å². The Kier molecular flexibility index (Phi) is 2.90. The molecule has 0 aromatic heterocycles. The van der Waals surface area contributed by atoms with E-state index in [1.165, 1.54) is 7.11 Å². The minimum Gasteiger partial charge on any atom is -0.465 e. The summed E-state index contributed by atoms with van der Waals surface area (Å²) in [6, 6.07) is 5.62. The highest BCUT2D eigenvalue weighted by atomic mass is 16.5. The number of amidine groups is 1. The van der Waals surface area contributed by atoms with Crippen LogP contribution in [0.5, 0.6) is 0 Å². The number of nitrogens with one attached hydrogen (secondary N) is 1. The summed E-state index contributed by atoms with van der Waals surface area (Å²) in [5.41, 5.74) is 2.48. The van der Waals surface area contributed by atoms with E-state index in [2.05, 4.69) is 10.3 Å². The molecule has 0 spiro atoms. The van der Waals surface area contributed by atoms with Crippen LogP contribution in [-0.4, -0.2) is 32.0 Å². The second kappa shape index (κ2) is 4.35. The monoisotopic (exact) mass is 218 g/mol. The molecule has 16 heavy (non-hydrogen) atoms. The van der Waals surface area contributed by atoms with E-state index < -0.39 is 0 Å². The molecule has 0 fully saturated rings. The van der Waals surface area contributed by atoms with Crippen LogP contribution >= 0.6 is 0 Å². The Morgan fingerprint density at radius 1 is 1.50 bits per heavy atom. The average molecular weight is 218 g/mol. The van der Waals surface area contributed by atoms with Crippen LogP contribution in [0.25, 0.3) is 0 Å². The normalized spacial score (nSPS) is 14.2. The molecule has 2 rings (SSSR count). The summed E-state index contributed by atoms with van der Waals surface area (Å²) in [6.45, 7) is 3.56. The van der Waals surface area contributed by atoms with Crippen molar-refractivity contribution in [1.82, 2.24) is 5.32 Å². The van der Waals surface area contributed by atoms with Crippen molar-refractivity contribution in [3.05, 3.63) is 34.9 Å². The summed E-state index contributed by atoms with van der Waals surface area (Å²) in [5.74, 6) is 0.454. The molecule has 1 aromatic rings. The fraction of sp³-hybridized carbons (Fsp3) is 0.333. The van der Waals surface area contributed by atoms with Crippen LogP contribution in [0.1, 0.15) is 21.5 Å². The quantitative estimate of drug-likeness (QED) is 0.757. The molecule has 1 N–H and O–H groups in total. The lowest BCUT2D eigenvalue weighted by molar-refractivity contribution is 0.0600. The van der Waals surface area contributed by atoms with E-state index >= 15 is 0 Å². The molecule has 0 saturated carbocycles. The number of aryl methyl sites for hydroxylation is 1. The molecular formula is C12H14N2O2. The largest absolute Gasteiger partial charge is 0.465 e. The van der Waals surface area contributed by atoms with Gasteiger partial charge in [-0.3, -0.25) is 4.99 Å². The zero-order valence-electron chi connectivity index (χ0n) is 9.41. The van der Waals surface area contributed by atoms with Crippen molar-refractivity contribution in [2.24, 2.45) is 4.99 Å². The molecule has 0 atom stereocenters. The minimum atomic E-state index is -0.327. The molecule has 1 aliphatic heterocycles. The van der Waals surface area contributed by atoms with Crippen molar-refractivity contribution < 1.29 is 9.53 Å². The van der Waals surface area contributed by atoms with E-state index in [0.29, 0.717) is 5.56 Å². The van der Waals surface area contributed by atoms with Gasteiger partial charge in [0.05, 0.1) is 19.2 Å². The Hall–Kier alpha value is -1.84. The molecule has 0 amide bonds. The van der Waals surface area contributed by atoms with Crippen molar-refractivity contribution in [3.63, 3.8) is 0 Å². The van der Waals surface area contributed by atoms with Crippen LogP contribution in [0.15, 0.2) is 23.2 Å². The number of carbonyl (C=O) groups excluding carboxylic acids is 1. The maximum absolute atomic E-state index is 11.6. The van der Waals surface area contributed by atoms with Gasteiger partial charge in [0.2, 0.25) is 0 Å². The van der Waals surface area contributed by atoms with Gasteiger partial charge in [0.15, 0.2) is 0 Å². The summed E-state index contributed by atoms with van der Waals surface area (Å²) in [7, 11) is 1.38. The van der Waals surface area contributed by atoms with E-state index in [9.17, 15) is 4.79 Å². The molecule has 0 radical (unpaired) electrons. The van der Waals surface area contributed by atoms with E-state index in [1.807, 2.05) is 19.1 Å². The number of ether oxygens (including phenoxy) is 1. The summed E-state index contributed by atoms with van der Waals surface area (Å²) in [5, 5.41) is 3.16. The number of nitrogens with zero attached hydrogens (tertiary/aromatic N) is 1. The van der Waals surface area contributed by atoms with Gasteiger partial charge in [0.25, 0.3) is 0 Å². The van der Waals surface area contributed by atoms with Crippen molar-refractivity contribution >= 4 is 11.8 Å². The SMILES string of the molecule is COC(=O)c1ccc(C)cc1C1=NCCN1. The molecule has 0 bridgehead atoms. The first-order valence-corrected chi connectivity index (χ1v) is 5.20. The summed E-state index contributed by atoms with van der Waals surface area (Å²) in [6.07, 6.45) is 0. The lowest BCUT2D eigenvalue weighted by atomic mass is 10.0. The van der Waals surface area contributed by atoms with E-state index in [0.717, 1.165) is 30.1 Å². The molecule has 0 aliphatic carbocycles. The van der Waals surface area contributed by atoms with Crippen molar-refractivity contribution in [3.8, 4) is 0 Å². The van der Waals surface area contributed by atoms with Crippen LogP contribution in [0.2, 0.25) is 0 Å². The first kappa shape index (κ1) is 10.7. The predicted octanol–water partition coefficient (Wildman–Crippen LogP) is 1.13. The molecule has 4 heteroatoms. The third-order valence-corrected chi connectivity index (χ3v) is 2.51. The average Bonchev–Trinajstić information content (AvgIpc) is 2.81. The summed E-state index contributed by atoms with van der Waals surface area (Å²) >= 11 is 0. The number of esters is 1. The lowest BCUT2D eigenvalue weighted by Crippen LogP contribution is -2.22. The van der Waals surface area contributed by atoms with Gasteiger partial charge in [-0.25, -0.2) is 4.79 Å². The maximum Gasteiger partial charge on any atom is 0.338 e. The third kappa shape index (κ3) is 1.91. The molecular weight excluding hydrogens is 204 g/mol. The number of methoxy groups -OCH3 is 1. The Balaban J connectivity index is 2.48. The zero-order chi connectivity index (χ0) is 11.5. The predicted molar refractivity (Wildman–Crippen MR) is 61.9 cm³/mol. The number of hydrogen-bond donors (Lipinski definition) is 1. The van der Waals surface area contributed by atoms with Crippen LogP contribution in [0.3, 0.4) is 0 Å². The Morgan fingerprint density at radius 2 is 2.31 bits per heavy atom. The second-order valence-electron chi connectivity index (χ2n) is 3.70. The Bertz CT molecular complexity index is 452. The smallest absolute Gasteiger partial charge is 0.338 e. The van der Waals surface area contributed by atoms with E-state index in [1.54, 1.807) is 6.07 Å². The van der Waals surface area contributed by atoms with Crippen molar-refractivity contribution in [2.45, 2.75) is 6.92 Å². The van der Waals surface area contributed by atoms with Gasteiger partial charge in [0.1, 0.15) is 5.84 Å². The number of benzene rings is 1. The van der Waals surface area contributed by atoms with Gasteiger partial charge in [-0.05, 0) is 19.1 Å². The third-order valence-electron chi connectivity index (χ3n) is 2.51. The standard InChI is InChI=1S/C12H14N2O2/c1-8-3-4-9(12(15)16-2)10(7-8)11-13-5-6-14-11/h3-4,7H,5-6H2,1-2H3,(H,13,14). The van der Waals surface area contributed by atoms with Gasteiger partial charge in [-0.2, -0.15) is 0 Å². The number of rotatable bonds is 2. The zero-order valence-corrected chi connectivity index (χ0v) is 9.41. The maximum atomic E-state index is 11.6. The highest BCUT2D eigenvalue weighted by Crippen LogP contribution is 2.14. The fourth-order valence-corrected chi connectivity index (χ4v) is 1.72. The Morgan fingerprint density at radius 3 is 2.94 bits per heavy atom. The molecule has 1 heterocycles. The molecule has 1 aliphatic rings. The van der Waals surface area contributed by atoms with Gasteiger partial charge in [0, 0.05) is 12.1 Å². The van der Waals surface area contributed by atoms with Crippen LogP contribution in [0.4, 0.5) is 0 Å². The second-order valence-corrected chi connectivity index (χ2v) is 3.70. The minimum absolute atomic E-state index is 0.327. The molecule has 0 saturated heterocycles. The van der Waals surface area contributed by atoms with Crippen LogP contribution in [0, 0.1) is 6.92 Å². The Labute approximate surface area is 94.3 Å². The van der Waals surface area contributed by atoms with E-state index in [4.69, 9.17) is 4.74 Å². The highest BCUT2D eigenvalue weighted by molar-refractivity contribution is 6.08. The summed E-state index contributed by atoms with van der Waals surface area (Å²) < 4.78 is 4.75. The van der Waals surface area contributed by atoms with Gasteiger partial charge in [-0.1, -0.05) is 11.6 Å². The molecule has 0 unspecified atom stereocenters. The van der Waals surface area contributed by atoms with Gasteiger partial charge in [-0.15, -0.1) is 0 Å². The molecule has 1 aromatic carbocycles. The van der Waals surface area contributed by atoms with Gasteiger partial charge >= 0.3 is 5.97 Å². The molecule has 4 nitrogen and oxygen atoms in total. The van der Waals surface area contributed by atoms with Gasteiger partial charge < -0.3 is 10.1 Å². The number of hydrogen-bond acceptors (Lipinski definition) is 4. The van der Waals surface area contributed by atoms with Crippen LogP contribution < -0.4 is 5.32 Å². The fourth-order valence-electron chi connectivity index (χ4n) is 1.72. The first-order chi connectivity index (χ1) is 7.72. The summed E-state index contributed by atoms with van der Waals surface area (Å²) in [4.78, 5) is 15.9. The van der Waals surface area contributed by atoms with Crippen LogP contribution in [-0.2, 0) is 4.74 Å². The number of carbonyl (C=O) groups is 1. The van der Waals surface area contributed by atoms with Crippen molar-refractivity contribution in [2.75, 3.05) is 20.2 Å². The van der Waals surface area contributed by atoms with Crippen molar-refractivity contribution in [1.29, 1.82) is 0 Å².